The van der Waals surface area contributed by atoms with E-state index in [1.54, 1.807) is 30.3 Å². The smallest absolute Gasteiger partial charge is 0.316 e. The third-order valence-corrected chi connectivity index (χ3v) is 6.63. The zero-order valence-electron chi connectivity index (χ0n) is 14.0. The standard InChI is InChI=1S/C17H18N2O5S2/c1-2-8-19-16(21)13-5-3-4-6-14(13)18-17(19)25-10-15(20)24-12-7-9-26(22,23)11-12/h2-6,12H,1,7-11H2/t12-/m1/s1. The second-order valence-corrected chi connectivity index (χ2v) is 9.09. The number of esters is 1. The molecule has 0 N–H and O–H groups in total. The summed E-state index contributed by atoms with van der Waals surface area (Å²) in [6, 6.07) is 6.99. The van der Waals surface area contributed by atoms with E-state index in [-0.39, 0.29) is 29.4 Å². The number of fused-ring (bicyclic) bond motifs is 1. The molecule has 0 spiro atoms. The molecule has 1 fully saturated rings. The number of nitrogens with zero attached hydrogens (tertiary/aromatic N) is 2. The number of sulfone groups is 1. The zero-order chi connectivity index (χ0) is 18.7. The van der Waals surface area contributed by atoms with Crippen molar-refractivity contribution in [1.29, 1.82) is 0 Å². The lowest BCUT2D eigenvalue weighted by molar-refractivity contribution is -0.144. The Balaban J connectivity index is 1.75. The van der Waals surface area contributed by atoms with E-state index >= 15 is 0 Å². The first-order valence-corrected chi connectivity index (χ1v) is 10.8. The van der Waals surface area contributed by atoms with E-state index in [2.05, 4.69) is 11.6 Å². The van der Waals surface area contributed by atoms with E-state index in [1.165, 1.54) is 4.57 Å². The van der Waals surface area contributed by atoms with Crippen molar-refractivity contribution in [2.45, 2.75) is 24.2 Å². The second kappa shape index (κ2) is 7.63. The summed E-state index contributed by atoms with van der Waals surface area (Å²) in [7, 11) is -3.11. The third-order valence-electron chi connectivity index (χ3n) is 3.95. The second-order valence-electron chi connectivity index (χ2n) is 5.92. The van der Waals surface area contributed by atoms with Gasteiger partial charge in [-0.2, -0.15) is 0 Å². The predicted molar refractivity (Wildman–Crippen MR) is 100 cm³/mol. The highest BCUT2D eigenvalue weighted by molar-refractivity contribution is 7.99. The topological polar surface area (TPSA) is 95.3 Å². The van der Waals surface area contributed by atoms with Gasteiger partial charge < -0.3 is 4.74 Å². The van der Waals surface area contributed by atoms with E-state index in [0.29, 0.717) is 22.5 Å². The highest BCUT2D eigenvalue weighted by atomic mass is 32.2. The molecule has 1 aliphatic heterocycles. The van der Waals surface area contributed by atoms with E-state index < -0.39 is 21.9 Å². The average Bonchev–Trinajstić information content (AvgIpc) is 2.94. The van der Waals surface area contributed by atoms with Gasteiger partial charge in [0.05, 0.1) is 28.2 Å². The van der Waals surface area contributed by atoms with Crippen LogP contribution in [-0.4, -0.2) is 47.3 Å². The lowest BCUT2D eigenvalue weighted by atomic mass is 10.2. The largest absolute Gasteiger partial charge is 0.461 e. The van der Waals surface area contributed by atoms with Gasteiger partial charge in [-0.1, -0.05) is 30.0 Å². The van der Waals surface area contributed by atoms with Crippen LogP contribution in [-0.2, 0) is 25.9 Å². The molecule has 7 nitrogen and oxygen atoms in total. The number of carbonyl (C=O) groups is 1. The Kier molecular flexibility index (Phi) is 5.47. The number of rotatable bonds is 6. The molecule has 26 heavy (non-hydrogen) atoms. The molecule has 0 aliphatic carbocycles. The first-order valence-electron chi connectivity index (χ1n) is 8.03. The average molecular weight is 394 g/mol. The van der Waals surface area contributed by atoms with Crippen LogP contribution in [0, 0.1) is 0 Å². The Labute approximate surface area is 155 Å². The van der Waals surface area contributed by atoms with Gasteiger partial charge in [-0.15, -0.1) is 6.58 Å². The molecular weight excluding hydrogens is 376 g/mol. The summed E-state index contributed by atoms with van der Waals surface area (Å²) in [5.74, 6) is -0.662. The van der Waals surface area contributed by atoms with E-state index in [4.69, 9.17) is 4.74 Å². The van der Waals surface area contributed by atoms with Crippen LogP contribution in [0.2, 0.25) is 0 Å². The fraction of sp³-hybridized carbons (Fsp3) is 0.353. The van der Waals surface area contributed by atoms with Crippen molar-refractivity contribution in [3.8, 4) is 0 Å². The molecule has 138 valence electrons. The zero-order valence-corrected chi connectivity index (χ0v) is 15.6. The van der Waals surface area contributed by atoms with Crippen molar-refractivity contribution < 1.29 is 17.9 Å². The first-order chi connectivity index (χ1) is 12.4. The fourth-order valence-corrected chi connectivity index (χ4v) is 5.13. The Morgan fingerprint density at radius 3 is 2.88 bits per heavy atom. The summed E-state index contributed by atoms with van der Waals surface area (Å²) >= 11 is 1.09. The molecule has 0 radical (unpaired) electrons. The van der Waals surface area contributed by atoms with Crippen LogP contribution >= 0.6 is 11.8 Å². The summed E-state index contributed by atoms with van der Waals surface area (Å²) in [5, 5.41) is 0.891. The predicted octanol–water partition coefficient (Wildman–Crippen LogP) is 1.40. The number of ether oxygens (including phenoxy) is 1. The highest BCUT2D eigenvalue weighted by Gasteiger charge is 2.30. The van der Waals surface area contributed by atoms with Gasteiger partial charge in [0.25, 0.3) is 5.56 Å². The van der Waals surface area contributed by atoms with Gasteiger partial charge in [0.2, 0.25) is 0 Å². The van der Waals surface area contributed by atoms with Crippen LogP contribution in [0.25, 0.3) is 10.9 Å². The fourth-order valence-electron chi connectivity index (χ4n) is 2.75. The van der Waals surface area contributed by atoms with Crippen molar-refractivity contribution in [3.05, 3.63) is 47.3 Å². The lowest BCUT2D eigenvalue weighted by Gasteiger charge is -2.12. The molecule has 0 bridgehead atoms. The molecular formula is C17H18N2O5S2. The van der Waals surface area contributed by atoms with Crippen LogP contribution in [0.5, 0.6) is 0 Å². The molecule has 0 amide bonds. The minimum atomic E-state index is -3.11. The normalized spacial score (nSPS) is 18.7. The number of allylic oxidation sites excluding steroid dienone is 1. The molecule has 2 aromatic rings. The number of hydrogen-bond acceptors (Lipinski definition) is 7. The SMILES string of the molecule is C=CCn1c(SCC(=O)O[C@@H]2CCS(=O)(=O)C2)nc2ccccc2c1=O. The van der Waals surface area contributed by atoms with Gasteiger partial charge in [0, 0.05) is 6.54 Å². The van der Waals surface area contributed by atoms with E-state index in [0.717, 1.165) is 11.8 Å². The van der Waals surface area contributed by atoms with Crippen molar-refractivity contribution in [2.75, 3.05) is 17.3 Å². The molecule has 3 rings (SSSR count). The van der Waals surface area contributed by atoms with Crippen LogP contribution in [0.1, 0.15) is 6.42 Å². The summed E-state index contributed by atoms with van der Waals surface area (Å²) in [4.78, 5) is 29.1. The maximum absolute atomic E-state index is 12.6. The van der Waals surface area contributed by atoms with Gasteiger partial charge in [-0.25, -0.2) is 13.4 Å². The van der Waals surface area contributed by atoms with Gasteiger partial charge in [-0.3, -0.25) is 14.2 Å². The summed E-state index contributed by atoms with van der Waals surface area (Å²) in [6.07, 6.45) is 1.32. The van der Waals surface area contributed by atoms with Crippen LogP contribution in [0.15, 0.2) is 46.9 Å². The Morgan fingerprint density at radius 1 is 1.42 bits per heavy atom. The van der Waals surface area contributed by atoms with Crippen molar-refractivity contribution >= 4 is 38.5 Å². The summed E-state index contributed by atoms with van der Waals surface area (Å²) < 4.78 is 29.5. The lowest BCUT2D eigenvalue weighted by Crippen LogP contribution is -2.24. The molecule has 0 unspecified atom stereocenters. The molecule has 9 heteroatoms. The Bertz CT molecular complexity index is 1010. The molecule has 1 aromatic heterocycles. The molecule has 1 atom stereocenters. The maximum atomic E-state index is 12.6. The Hall–Kier alpha value is -2.13. The number of thioether (sulfide) groups is 1. The maximum Gasteiger partial charge on any atom is 0.316 e. The molecule has 1 aliphatic rings. The molecule has 1 aromatic carbocycles. The van der Waals surface area contributed by atoms with E-state index in [1.807, 2.05) is 0 Å². The van der Waals surface area contributed by atoms with Gasteiger partial charge >= 0.3 is 5.97 Å². The van der Waals surface area contributed by atoms with Gasteiger partial charge in [0.1, 0.15) is 6.10 Å². The van der Waals surface area contributed by atoms with Crippen molar-refractivity contribution in [1.82, 2.24) is 9.55 Å². The minimum absolute atomic E-state index is 0.0448. The van der Waals surface area contributed by atoms with E-state index in [9.17, 15) is 18.0 Å². The monoisotopic (exact) mass is 394 g/mol. The van der Waals surface area contributed by atoms with Gasteiger partial charge in [-0.05, 0) is 18.6 Å². The van der Waals surface area contributed by atoms with Crippen LogP contribution in [0.4, 0.5) is 0 Å². The third kappa shape index (κ3) is 4.16. The van der Waals surface area contributed by atoms with Crippen LogP contribution < -0.4 is 5.56 Å². The van der Waals surface area contributed by atoms with Crippen molar-refractivity contribution in [2.24, 2.45) is 0 Å². The van der Waals surface area contributed by atoms with Gasteiger partial charge in [0.15, 0.2) is 15.0 Å². The Morgan fingerprint density at radius 2 is 2.19 bits per heavy atom. The quantitative estimate of drug-likeness (QED) is 0.316. The number of aromatic nitrogens is 2. The highest BCUT2D eigenvalue weighted by Crippen LogP contribution is 2.20. The minimum Gasteiger partial charge on any atom is -0.461 e. The summed E-state index contributed by atoms with van der Waals surface area (Å²) in [5.41, 5.74) is 0.351. The first kappa shape index (κ1) is 18.7. The number of para-hydroxylation sites is 1. The molecule has 0 saturated carbocycles. The van der Waals surface area contributed by atoms with Crippen LogP contribution in [0.3, 0.4) is 0 Å². The summed E-state index contributed by atoms with van der Waals surface area (Å²) in [6.45, 7) is 3.92. The molecule has 1 saturated heterocycles. The number of hydrogen-bond donors (Lipinski definition) is 0. The number of benzene rings is 1. The number of carbonyl (C=O) groups excluding carboxylic acids is 1. The van der Waals surface area contributed by atoms with Crippen molar-refractivity contribution in [3.63, 3.8) is 0 Å². The molecule has 2 heterocycles.